The van der Waals surface area contributed by atoms with Crippen LogP contribution >= 0.6 is 11.6 Å². The Bertz CT molecular complexity index is 1440. The lowest BCUT2D eigenvalue weighted by Crippen LogP contribution is -2.24. The van der Waals surface area contributed by atoms with Crippen LogP contribution in [0, 0.1) is 0 Å². The van der Waals surface area contributed by atoms with E-state index < -0.39 is 0 Å². The van der Waals surface area contributed by atoms with Gasteiger partial charge < -0.3 is 9.67 Å². The summed E-state index contributed by atoms with van der Waals surface area (Å²) in [4.78, 5) is 19.9. The Morgan fingerprint density at radius 2 is 1.91 bits per heavy atom. The molecule has 2 aromatic heterocycles. The molecule has 0 bridgehead atoms. The van der Waals surface area contributed by atoms with E-state index in [9.17, 15) is 9.90 Å². The van der Waals surface area contributed by atoms with Gasteiger partial charge in [-0.05, 0) is 65.4 Å². The van der Waals surface area contributed by atoms with Crippen molar-refractivity contribution < 1.29 is 9.90 Å². The lowest BCUT2D eigenvalue weighted by molar-refractivity contribution is 0.0995. The highest BCUT2D eigenvalue weighted by Crippen LogP contribution is 2.43. The van der Waals surface area contributed by atoms with Gasteiger partial charge in [0, 0.05) is 34.8 Å². The summed E-state index contributed by atoms with van der Waals surface area (Å²) in [5.41, 5.74) is 6.07. The van der Waals surface area contributed by atoms with Crippen LogP contribution < -0.4 is 4.90 Å². The molecule has 3 heterocycles. The van der Waals surface area contributed by atoms with E-state index in [1.54, 1.807) is 17.3 Å². The van der Waals surface area contributed by atoms with Gasteiger partial charge in [-0.3, -0.25) is 9.69 Å². The SMILES string of the molecule is Cn1cnnc1-c1cc(Cl)ccc1-c1cc(C2CC2)nc(N2Cc3ccc(CO)cc3C2=O)c1. The Morgan fingerprint density at radius 3 is 2.65 bits per heavy atom. The molecule has 1 saturated carbocycles. The molecular formula is C26H22ClN5O2. The number of fused-ring (bicyclic) bond motifs is 1. The molecule has 34 heavy (non-hydrogen) atoms. The molecular weight excluding hydrogens is 450 g/mol. The molecule has 7 nitrogen and oxygen atoms in total. The van der Waals surface area contributed by atoms with Crippen LogP contribution in [0.2, 0.25) is 5.02 Å². The van der Waals surface area contributed by atoms with E-state index in [0.29, 0.717) is 34.7 Å². The first-order valence-electron chi connectivity index (χ1n) is 11.2. The molecule has 1 aliphatic carbocycles. The predicted molar refractivity (Wildman–Crippen MR) is 130 cm³/mol. The number of pyridine rings is 1. The smallest absolute Gasteiger partial charge is 0.260 e. The minimum atomic E-state index is -0.0960. The fraction of sp³-hybridized carbons (Fsp3) is 0.231. The average molecular weight is 472 g/mol. The number of aliphatic hydroxyl groups is 1. The lowest BCUT2D eigenvalue weighted by Gasteiger charge is -2.18. The monoisotopic (exact) mass is 471 g/mol. The molecule has 2 aliphatic rings. The number of amides is 1. The van der Waals surface area contributed by atoms with Crippen molar-refractivity contribution in [2.45, 2.75) is 31.9 Å². The van der Waals surface area contributed by atoms with Crippen LogP contribution in [0.25, 0.3) is 22.5 Å². The van der Waals surface area contributed by atoms with Crippen LogP contribution in [-0.2, 0) is 20.2 Å². The third-order valence-corrected chi connectivity index (χ3v) is 6.74. The summed E-state index contributed by atoms with van der Waals surface area (Å²) in [6.45, 7) is 0.360. The number of aliphatic hydroxyl groups excluding tert-OH is 1. The van der Waals surface area contributed by atoms with Gasteiger partial charge in [-0.1, -0.05) is 29.8 Å². The van der Waals surface area contributed by atoms with E-state index in [4.69, 9.17) is 16.6 Å². The third kappa shape index (κ3) is 3.57. The van der Waals surface area contributed by atoms with Crippen molar-refractivity contribution in [3.05, 3.63) is 82.3 Å². The fourth-order valence-corrected chi connectivity index (χ4v) is 4.70. The van der Waals surface area contributed by atoms with Crippen molar-refractivity contribution in [2.75, 3.05) is 4.90 Å². The van der Waals surface area contributed by atoms with Crippen molar-refractivity contribution in [3.63, 3.8) is 0 Å². The number of rotatable bonds is 5. The predicted octanol–water partition coefficient (Wildman–Crippen LogP) is 4.73. The summed E-state index contributed by atoms with van der Waals surface area (Å²) in [7, 11) is 1.90. The summed E-state index contributed by atoms with van der Waals surface area (Å²) in [5.74, 6) is 1.65. The maximum Gasteiger partial charge on any atom is 0.260 e. The topological polar surface area (TPSA) is 84.1 Å². The zero-order valence-corrected chi connectivity index (χ0v) is 19.3. The van der Waals surface area contributed by atoms with Crippen molar-refractivity contribution in [1.29, 1.82) is 0 Å². The van der Waals surface area contributed by atoms with Crippen LogP contribution in [0.5, 0.6) is 0 Å². The number of carbonyl (C=O) groups is 1. The molecule has 1 N–H and O–H groups in total. The number of aryl methyl sites for hydroxylation is 1. The summed E-state index contributed by atoms with van der Waals surface area (Å²) in [6.07, 6.45) is 3.86. The van der Waals surface area contributed by atoms with Gasteiger partial charge in [0.2, 0.25) is 0 Å². The normalized spacial score (nSPS) is 15.1. The van der Waals surface area contributed by atoms with Crippen LogP contribution in [0.15, 0.2) is 54.9 Å². The molecule has 170 valence electrons. The summed E-state index contributed by atoms with van der Waals surface area (Å²) >= 11 is 6.36. The number of hydrogen-bond donors (Lipinski definition) is 1. The maximum atomic E-state index is 13.3. The number of nitrogens with zero attached hydrogens (tertiary/aromatic N) is 5. The summed E-state index contributed by atoms with van der Waals surface area (Å²) < 4.78 is 1.86. The van der Waals surface area contributed by atoms with Crippen LogP contribution in [0.4, 0.5) is 5.82 Å². The highest BCUT2D eigenvalue weighted by molar-refractivity contribution is 6.31. The molecule has 1 fully saturated rings. The second-order valence-electron chi connectivity index (χ2n) is 8.91. The zero-order chi connectivity index (χ0) is 23.4. The maximum absolute atomic E-state index is 13.3. The van der Waals surface area contributed by atoms with Crippen molar-refractivity contribution in [1.82, 2.24) is 19.7 Å². The number of hydrogen-bond acceptors (Lipinski definition) is 5. The molecule has 4 aromatic rings. The van der Waals surface area contributed by atoms with Crippen molar-refractivity contribution in [3.8, 4) is 22.5 Å². The lowest BCUT2D eigenvalue weighted by atomic mass is 9.98. The third-order valence-electron chi connectivity index (χ3n) is 6.51. The Hall–Kier alpha value is -3.55. The second-order valence-corrected chi connectivity index (χ2v) is 9.35. The van der Waals surface area contributed by atoms with Gasteiger partial charge in [0.1, 0.15) is 12.1 Å². The zero-order valence-electron chi connectivity index (χ0n) is 18.6. The molecule has 1 aliphatic heterocycles. The Morgan fingerprint density at radius 1 is 1.06 bits per heavy atom. The number of carbonyl (C=O) groups excluding carboxylic acids is 1. The fourth-order valence-electron chi connectivity index (χ4n) is 4.53. The molecule has 1 amide bonds. The Balaban J connectivity index is 1.48. The van der Waals surface area contributed by atoms with E-state index in [1.807, 2.05) is 48.0 Å². The Kier molecular flexibility index (Phi) is 4.97. The van der Waals surface area contributed by atoms with Gasteiger partial charge >= 0.3 is 0 Å². The van der Waals surface area contributed by atoms with Crippen LogP contribution in [0.1, 0.15) is 45.9 Å². The van der Waals surface area contributed by atoms with Crippen molar-refractivity contribution in [2.24, 2.45) is 7.05 Å². The molecule has 2 aromatic carbocycles. The number of halogens is 1. The number of aromatic nitrogens is 4. The first kappa shape index (κ1) is 21.0. The van der Waals surface area contributed by atoms with E-state index >= 15 is 0 Å². The molecule has 0 radical (unpaired) electrons. The second kappa shape index (κ2) is 8.04. The van der Waals surface area contributed by atoms with Gasteiger partial charge in [-0.25, -0.2) is 4.98 Å². The van der Waals surface area contributed by atoms with Crippen LogP contribution in [-0.4, -0.2) is 30.8 Å². The standard InChI is InChI=1S/C26H22ClN5O2/c1-31-14-28-30-25(31)22-11-19(27)6-7-20(22)18-9-23(16-4-5-16)29-24(10-18)32-12-17-3-2-15(13-33)8-21(17)26(32)34/h2-3,6-11,14,16,33H,4-5,12-13H2,1H3. The minimum absolute atomic E-state index is 0.0957. The molecule has 0 saturated heterocycles. The minimum Gasteiger partial charge on any atom is -0.392 e. The summed E-state index contributed by atoms with van der Waals surface area (Å²) in [5, 5.41) is 18.4. The van der Waals surface area contributed by atoms with E-state index in [2.05, 4.69) is 16.3 Å². The van der Waals surface area contributed by atoms with Gasteiger partial charge in [0.15, 0.2) is 5.82 Å². The highest BCUT2D eigenvalue weighted by atomic mass is 35.5. The Labute approximate surface area is 201 Å². The molecule has 0 unspecified atom stereocenters. The molecule has 8 heteroatoms. The number of anilines is 1. The largest absolute Gasteiger partial charge is 0.392 e. The van der Waals surface area contributed by atoms with E-state index in [0.717, 1.165) is 46.4 Å². The molecule has 0 atom stereocenters. The highest BCUT2D eigenvalue weighted by Gasteiger charge is 2.32. The van der Waals surface area contributed by atoms with Gasteiger partial charge in [0.05, 0.1) is 13.2 Å². The van der Waals surface area contributed by atoms with Gasteiger partial charge in [-0.2, -0.15) is 0 Å². The first-order valence-corrected chi connectivity index (χ1v) is 11.6. The van der Waals surface area contributed by atoms with E-state index in [1.165, 1.54) is 0 Å². The summed E-state index contributed by atoms with van der Waals surface area (Å²) in [6, 6.07) is 15.4. The average Bonchev–Trinajstić information content (AvgIpc) is 3.54. The molecule has 0 spiro atoms. The van der Waals surface area contributed by atoms with E-state index in [-0.39, 0.29) is 12.5 Å². The van der Waals surface area contributed by atoms with Gasteiger partial charge in [0.25, 0.3) is 5.91 Å². The first-order chi connectivity index (χ1) is 16.5. The molecule has 6 rings (SSSR count). The number of benzene rings is 2. The van der Waals surface area contributed by atoms with Gasteiger partial charge in [-0.15, -0.1) is 10.2 Å². The quantitative estimate of drug-likeness (QED) is 0.455. The van der Waals surface area contributed by atoms with Crippen LogP contribution in [0.3, 0.4) is 0 Å². The van der Waals surface area contributed by atoms with Crippen molar-refractivity contribution >= 4 is 23.3 Å².